The van der Waals surface area contributed by atoms with Gasteiger partial charge in [-0.05, 0) is 27.7 Å². The Morgan fingerprint density at radius 3 is 2.38 bits per heavy atom. The largest absolute Gasteiger partial charge is 0.348 e. The van der Waals surface area contributed by atoms with Crippen LogP contribution >= 0.6 is 11.6 Å². The third kappa shape index (κ3) is 3.28. The summed E-state index contributed by atoms with van der Waals surface area (Å²) in [6.07, 6.45) is -1.10. The lowest BCUT2D eigenvalue weighted by molar-refractivity contribution is -0.124. The lowest BCUT2D eigenvalue weighted by Gasteiger charge is -2.19. The van der Waals surface area contributed by atoms with Gasteiger partial charge >= 0.3 is 0 Å². The van der Waals surface area contributed by atoms with Gasteiger partial charge in [0.25, 0.3) is 6.43 Å². The van der Waals surface area contributed by atoms with Crippen molar-refractivity contribution in [3.8, 4) is 0 Å². The summed E-state index contributed by atoms with van der Waals surface area (Å²) in [7, 11) is 1.82. The molecule has 2 aromatic heterocycles. The molecule has 0 aliphatic carbocycles. The van der Waals surface area contributed by atoms with Crippen molar-refractivity contribution < 1.29 is 13.6 Å². The molecule has 2 unspecified atom stereocenters. The molecule has 132 valence electrons. The standard InChI is InChI=1S/C15H20ClF2N5O/c1-7(11-6-19-22(5)8(11)2)20-15(24)10(4)23-9(3)12(16)13(21-23)14(17)18/h6-7,10,14H,1-5H3,(H,20,24). The summed E-state index contributed by atoms with van der Waals surface area (Å²) in [5.41, 5.74) is 1.65. The Labute approximate surface area is 143 Å². The fourth-order valence-electron chi connectivity index (χ4n) is 2.50. The Hall–Kier alpha value is -1.96. The van der Waals surface area contributed by atoms with E-state index < -0.39 is 18.2 Å². The van der Waals surface area contributed by atoms with Crippen LogP contribution in [0.25, 0.3) is 0 Å². The molecule has 6 nitrogen and oxygen atoms in total. The minimum Gasteiger partial charge on any atom is -0.348 e. The lowest BCUT2D eigenvalue weighted by atomic mass is 10.1. The molecule has 0 radical (unpaired) electrons. The maximum absolute atomic E-state index is 12.9. The van der Waals surface area contributed by atoms with Gasteiger partial charge in [-0.3, -0.25) is 14.2 Å². The predicted octanol–water partition coefficient (Wildman–Crippen LogP) is 3.26. The second-order valence-electron chi connectivity index (χ2n) is 5.75. The van der Waals surface area contributed by atoms with E-state index in [-0.39, 0.29) is 17.0 Å². The number of nitrogens with zero attached hydrogens (tertiary/aromatic N) is 4. The Morgan fingerprint density at radius 2 is 1.92 bits per heavy atom. The number of aryl methyl sites for hydroxylation is 1. The molecule has 2 aromatic rings. The molecule has 1 amide bonds. The molecule has 24 heavy (non-hydrogen) atoms. The van der Waals surface area contributed by atoms with Crippen LogP contribution in [-0.2, 0) is 11.8 Å². The van der Waals surface area contributed by atoms with Crippen LogP contribution in [0.15, 0.2) is 6.20 Å². The molecule has 0 aliphatic rings. The molecular formula is C15H20ClF2N5O. The minimum atomic E-state index is -2.79. The summed E-state index contributed by atoms with van der Waals surface area (Å²) in [5, 5.41) is 10.7. The fraction of sp³-hybridized carbons (Fsp3) is 0.533. The molecule has 2 heterocycles. The van der Waals surface area contributed by atoms with Crippen molar-refractivity contribution >= 4 is 17.5 Å². The van der Waals surface area contributed by atoms with E-state index in [0.717, 1.165) is 11.3 Å². The van der Waals surface area contributed by atoms with Gasteiger partial charge in [-0.1, -0.05) is 11.6 Å². The van der Waals surface area contributed by atoms with Crippen molar-refractivity contribution in [2.75, 3.05) is 0 Å². The number of hydrogen-bond acceptors (Lipinski definition) is 3. The third-order valence-corrected chi connectivity index (χ3v) is 4.62. The van der Waals surface area contributed by atoms with Gasteiger partial charge in [0, 0.05) is 18.3 Å². The van der Waals surface area contributed by atoms with Crippen molar-refractivity contribution in [1.29, 1.82) is 0 Å². The summed E-state index contributed by atoms with van der Waals surface area (Å²) in [6.45, 7) is 6.88. The number of alkyl halides is 2. The first-order valence-corrected chi connectivity index (χ1v) is 7.84. The van der Waals surface area contributed by atoms with Gasteiger partial charge in [0.15, 0.2) is 0 Å². The summed E-state index contributed by atoms with van der Waals surface area (Å²) < 4.78 is 28.7. The Morgan fingerprint density at radius 1 is 1.29 bits per heavy atom. The minimum absolute atomic E-state index is 0.110. The van der Waals surface area contributed by atoms with Gasteiger partial charge in [0.1, 0.15) is 11.7 Å². The molecule has 0 spiro atoms. The van der Waals surface area contributed by atoms with E-state index in [1.807, 2.05) is 20.9 Å². The third-order valence-electron chi connectivity index (χ3n) is 4.15. The molecule has 0 saturated heterocycles. The summed E-state index contributed by atoms with van der Waals surface area (Å²) in [4.78, 5) is 12.5. The van der Waals surface area contributed by atoms with Crippen LogP contribution in [0, 0.1) is 13.8 Å². The monoisotopic (exact) mass is 359 g/mol. The zero-order valence-corrected chi connectivity index (χ0v) is 14.9. The van der Waals surface area contributed by atoms with Gasteiger partial charge in [-0.15, -0.1) is 0 Å². The van der Waals surface area contributed by atoms with Crippen LogP contribution in [0.1, 0.15) is 55.0 Å². The topological polar surface area (TPSA) is 64.7 Å². The number of aromatic nitrogens is 4. The fourth-order valence-corrected chi connectivity index (χ4v) is 2.71. The van der Waals surface area contributed by atoms with E-state index in [2.05, 4.69) is 15.5 Å². The van der Waals surface area contributed by atoms with E-state index in [0.29, 0.717) is 5.69 Å². The molecule has 9 heteroatoms. The van der Waals surface area contributed by atoms with Crippen molar-refractivity contribution in [3.63, 3.8) is 0 Å². The summed E-state index contributed by atoms with van der Waals surface area (Å²) in [5.74, 6) is -0.339. The summed E-state index contributed by atoms with van der Waals surface area (Å²) in [6, 6.07) is -1.04. The van der Waals surface area contributed by atoms with Gasteiger partial charge in [-0.25, -0.2) is 8.78 Å². The predicted molar refractivity (Wildman–Crippen MR) is 86.1 cm³/mol. The van der Waals surface area contributed by atoms with Crippen molar-refractivity contribution in [2.24, 2.45) is 7.05 Å². The number of halogens is 3. The Bertz CT molecular complexity index is 755. The van der Waals surface area contributed by atoms with Gasteiger partial charge in [0.2, 0.25) is 5.91 Å². The first kappa shape index (κ1) is 18.4. The van der Waals surface area contributed by atoms with Crippen LogP contribution in [0.5, 0.6) is 0 Å². The average Bonchev–Trinajstić information content (AvgIpc) is 3.00. The highest BCUT2D eigenvalue weighted by molar-refractivity contribution is 6.31. The van der Waals surface area contributed by atoms with Crippen LogP contribution in [0.4, 0.5) is 8.78 Å². The normalized spacial score (nSPS) is 14.0. The molecule has 0 bridgehead atoms. The average molecular weight is 360 g/mol. The second-order valence-corrected chi connectivity index (χ2v) is 6.12. The van der Waals surface area contributed by atoms with E-state index in [4.69, 9.17) is 11.6 Å². The first-order chi connectivity index (χ1) is 11.1. The zero-order valence-electron chi connectivity index (χ0n) is 14.1. The number of carbonyl (C=O) groups excluding carboxylic acids is 1. The van der Waals surface area contributed by atoms with E-state index in [1.165, 1.54) is 4.68 Å². The van der Waals surface area contributed by atoms with E-state index in [9.17, 15) is 13.6 Å². The highest BCUT2D eigenvalue weighted by atomic mass is 35.5. The van der Waals surface area contributed by atoms with Crippen molar-refractivity contribution in [3.05, 3.63) is 33.9 Å². The van der Waals surface area contributed by atoms with E-state index >= 15 is 0 Å². The molecule has 0 aromatic carbocycles. The Balaban J connectivity index is 2.18. The van der Waals surface area contributed by atoms with Gasteiger partial charge in [0.05, 0.1) is 23.0 Å². The van der Waals surface area contributed by atoms with Crippen molar-refractivity contribution in [1.82, 2.24) is 24.9 Å². The van der Waals surface area contributed by atoms with Crippen LogP contribution in [0.2, 0.25) is 5.02 Å². The number of rotatable bonds is 5. The molecular weight excluding hydrogens is 340 g/mol. The SMILES string of the molecule is Cc1c(C(C)NC(=O)C(C)n2nc(C(F)F)c(Cl)c2C)cnn1C. The first-order valence-electron chi connectivity index (χ1n) is 7.46. The van der Waals surface area contributed by atoms with Crippen LogP contribution in [0.3, 0.4) is 0 Å². The molecule has 0 saturated carbocycles. The molecule has 2 atom stereocenters. The smallest absolute Gasteiger partial charge is 0.283 e. The summed E-state index contributed by atoms with van der Waals surface area (Å²) >= 11 is 5.88. The van der Waals surface area contributed by atoms with Crippen LogP contribution in [-0.4, -0.2) is 25.5 Å². The number of hydrogen-bond donors (Lipinski definition) is 1. The van der Waals surface area contributed by atoms with Gasteiger partial charge in [-0.2, -0.15) is 10.2 Å². The number of nitrogens with one attached hydrogen (secondary N) is 1. The van der Waals surface area contributed by atoms with E-state index in [1.54, 1.807) is 24.7 Å². The Kier molecular flexibility index (Phi) is 5.27. The highest BCUT2D eigenvalue weighted by Gasteiger charge is 2.26. The maximum Gasteiger partial charge on any atom is 0.283 e. The lowest BCUT2D eigenvalue weighted by Crippen LogP contribution is -2.34. The molecule has 1 N–H and O–H groups in total. The maximum atomic E-state index is 12.9. The van der Waals surface area contributed by atoms with Crippen LogP contribution < -0.4 is 5.32 Å². The second kappa shape index (κ2) is 6.88. The quantitative estimate of drug-likeness (QED) is 0.891. The molecule has 0 aliphatic heterocycles. The highest BCUT2D eigenvalue weighted by Crippen LogP contribution is 2.30. The molecule has 0 fully saturated rings. The zero-order chi connectivity index (χ0) is 18.2. The number of carbonyl (C=O) groups is 1. The van der Waals surface area contributed by atoms with Crippen molar-refractivity contribution in [2.45, 2.75) is 46.2 Å². The number of amides is 1. The molecule has 2 rings (SSSR count). The van der Waals surface area contributed by atoms with Gasteiger partial charge < -0.3 is 5.32 Å².